The van der Waals surface area contributed by atoms with Crippen molar-refractivity contribution in [2.24, 2.45) is 5.73 Å². The molecule has 1 amide bonds. The Morgan fingerprint density at radius 3 is 2.50 bits per heavy atom. The molecule has 0 saturated heterocycles. The molecule has 0 unspecified atom stereocenters. The molecular weight excluding hydrogens is 228 g/mol. The van der Waals surface area contributed by atoms with Crippen LogP contribution in [0.2, 0.25) is 0 Å². The molecule has 2 aliphatic rings. The molecule has 4 heteroatoms. The van der Waals surface area contributed by atoms with Crippen molar-refractivity contribution in [3.05, 3.63) is 0 Å². The highest BCUT2D eigenvalue weighted by Crippen LogP contribution is 2.25. The lowest BCUT2D eigenvalue weighted by Gasteiger charge is -2.27. The van der Waals surface area contributed by atoms with E-state index in [1.807, 2.05) is 0 Å². The van der Waals surface area contributed by atoms with Crippen LogP contribution in [0.3, 0.4) is 0 Å². The Kier molecular flexibility index (Phi) is 5.01. The number of hydrogen-bond acceptors (Lipinski definition) is 3. The number of carbonyl (C=O) groups excluding carboxylic acids is 1. The van der Waals surface area contributed by atoms with Crippen LogP contribution in [0.25, 0.3) is 0 Å². The van der Waals surface area contributed by atoms with Crippen LogP contribution in [-0.4, -0.2) is 30.7 Å². The molecule has 0 aromatic heterocycles. The quantitative estimate of drug-likeness (QED) is 0.560. The summed E-state index contributed by atoms with van der Waals surface area (Å²) in [6, 6.07) is 0.445. The van der Waals surface area contributed by atoms with E-state index in [1.165, 1.54) is 25.7 Å². The zero-order valence-corrected chi connectivity index (χ0v) is 11.2. The van der Waals surface area contributed by atoms with E-state index in [2.05, 4.69) is 5.32 Å². The van der Waals surface area contributed by atoms with Crippen molar-refractivity contribution in [2.75, 3.05) is 13.2 Å². The van der Waals surface area contributed by atoms with Gasteiger partial charge in [-0.1, -0.05) is 25.7 Å². The largest absolute Gasteiger partial charge is 0.379 e. The van der Waals surface area contributed by atoms with Gasteiger partial charge in [0.05, 0.1) is 13.2 Å². The highest BCUT2D eigenvalue weighted by atomic mass is 16.5. The first-order valence-electron chi connectivity index (χ1n) is 7.34. The summed E-state index contributed by atoms with van der Waals surface area (Å²) < 4.78 is 5.62. The lowest BCUT2D eigenvalue weighted by molar-refractivity contribution is -0.122. The average Bonchev–Trinajstić information content (AvgIpc) is 3.14. The van der Waals surface area contributed by atoms with Crippen molar-refractivity contribution < 1.29 is 9.53 Å². The van der Waals surface area contributed by atoms with Crippen LogP contribution < -0.4 is 11.1 Å². The molecule has 2 fully saturated rings. The van der Waals surface area contributed by atoms with Crippen molar-refractivity contribution >= 4 is 5.91 Å². The highest BCUT2D eigenvalue weighted by Gasteiger charge is 2.26. The SMILES string of the molecule is NC1(COCCC(=O)NC2CC2)CCCCCC1. The Morgan fingerprint density at radius 1 is 1.22 bits per heavy atom. The molecule has 0 heterocycles. The minimum atomic E-state index is -0.149. The van der Waals surface area contributed by atoms with Gasteiger partial charge in [0, 0.05) is 18.0 Å². The van der Waals surface area contributed by atoms with Crippen LogP contribution in [0.1, 0.15) is 57.8 Å². The van der Waals surface area contributed by atoms with Gasteiger partial charge in [-0.3, -0.25) is 4.79 Å². The van der Waals surface area contributed by atoms with Crippen LogP contribution in [0.4, 0.5) is 0 Å². The lowest BCUT2D eigenvalue weighted by Crippen LogP contribution is -2.44. The van der Waals surface area contributed by atoms with Gasteiger partial charge in [0.15, 0.2) is 0 Å². The predicted molar refractivity (Wildman–Crippen MR) is 71.2 cm³/mol. The van der Waals surface area contributed by atoms with Crippen molar-refractivity contribution in [3.8, 4) is 0 Å². The molecule has 0 radical (unpaired) electrons. The van der Waals surface area contributed by atoms with Crippen molar-refractivity contribution in [3.63, 3.8) is 0 Å². The zero-order valence-electron chi connectivity index (χ0n) is 11.2. The number of nitrogens with two attached hydrogens (primary N) is 1. The number of amides is 1. The molecule has 0 aliphatic heterocycles. The van der Waals surface area contributed by atoms with Gasteiger partial charge in [-0.05, 0) is 25.7 Å². The molecule has 0 aromatic rings. The molecule has 104 valence electrons. The van der Waals surface area contributed by atoms with Gasteiger partial charge < -0.3 is 15.8 Å². The monoisotopic (exact) mass is 254 g/mol. The standard InChI is InChI=1S/C14H26N2O2/c15-14(8-3-1-2-4-9-14)11-18-10-7-13(17)16-12-5-6-12/h12H,1-11,15H2,(H,16,17). The molecule has 0 aromatic carbocycles. The first kappa shape index (κ1) is 13.8. The second kappa shape index (κ2) is 6.53. The van der Waals surface area contributed by atoms with Crippen LogP contribution in [0.15, 0.2) is 0 Å². The first-order valence-corrected chi connectivity index (χ1v) is 7.34. The van der Waals surface area contributed by atoms with Crippen molar-refractivity contribution in [2.45, 2.75) is 69.4 Å². The summed E-state index contributed by atoms with van der Waals surface area (Å²) in [5.74, 6) is 0.115. The minimum Gasteiger partial charge on any atom is -0.379 e. The van der Waals surface area contributed by atoms with E-state index in [4.69, 9.17) is 10.5 Å². The topological polar surface area (TPSA) is 64.3 Å². The van der Waals surface area contributed by atoms with E-state index in [0.29, 0.717) is 25.7 Å². The van der Waals surface area contributed by atoms with Gasteiger partial charge in [0.1, 0.15) is 0 Å². The van der Waals surface area contributed by atoms with E-state index in [-0.39, 0.29) is 11.4 Å². The Hall–Kier alpha value is -0.610. The number of carbonyl (C=O) groups is 1. The molecule has 0 atom stereocenters. The summed E-state index contributed by atoms with van der Waals surface area (Å²) >= 11 is 0. The fourth-order valence-corrected chi connectivity index (χ4v) is 2.54. The Labute approximate surface area is 110 Å². The summed E-state index contributed by atoms with van der Waals surface area (Å²) in [5.41, 5.74) is 6.19. The third kappa shape index (κ3) is 4.94. The van der Waals surface area contributed by atoms with Gasteiger partial charge in [-0.15, -0.1) is 0 Å². The van der Waals surface area contributed by atoms with Crippen LogP contribution in [0, 0.1) is 0 Å². The molecular formula is C14H26N2O2. The maximum Gasteiger partial charge on any atom is 0.222 e. The molecule has 4 nitrogen and oxygen atoms in total. The van der Waals surface area contributed by atoms with E-state index < -0.39 is 0 Å². The maximum absolute atomic E-state index is 11.5. The second-order valence-electron chi connectivity index (χ2n) is 5.92. The van der Waals surface area contributed by atoms with Gasteiger partial charge >= 0.3 is 0 Å². The molecule has 2 saturated carbocycles. The summed E-state index contributed by atoms with van der Waals surface area (Å²) in [6.45, 7) is 1.10. The highest BCUT2D eigenvalue weighted by molar-refractivity contribution is 5.76. The third-order valence-corrected chi connectivity index (χ3v) is 3.90. The van der Waals surface area contributed by atoms with E-state index in [1.54, 1.807) is 0 Å². The first-order chi connectivity index (χ1) is 8.68. The summed E-state index contributed by atoms with van der Waals surface area (Å²) in [5, 5.41) is 2.96. The molecule has 18 heavy (non-hydrogen) atoms. The third-order valence-electron chi connectivity index (χ3n) is 3.90. The van der Waals surface area contributed by atoms with Crippen LogP contribution in [-0.2, 0) is 9.53 Å². The van der Waals surface area contributed by atoms with Crippen molar-refractivity contribution in [1.82, 2.24) is 5.32 Å². The van der Waals surface area contributed by atoms with E-state index >= 15 is 0 Å². The Bertz CT molecular complexity index is 269. The number of hydrogen-bond donors (Lipinski definition) is 2. The van der Waals surface area contributed by atoms with Gasteiger partial charge in [-0.2, -0.15) is 0 Å². The Morgan fingerprint density at radius 2 is 1.89 bits per heavy atom. The van der Waals surface area contributed by atoms with E-state index in [9.17, 15) is 4.79 Å². The van der Waals surface area contributed by atoms with Crippen molar-refractivity contribution in [1.29, 1.82) is 0 Å². The summed E-state index contributed by atoms with van der Waals surface area (Å²) in [4.78, 5) is 11.5. The van der Waals surface area contributed by atoms with Gasteiger partial charge in [-0.25, -0.2) is 0 Å². The summed E-state index contributed by atoms with van der Waals surface area (Å²) in [7, 11) is 0. The normalized spacial score (nSPS) is 23.4. The molecule has 0 spiro atoms. The van der Waals surface area contributed by atoms with Crippen LogP contribution >= 0.6 is 0 Å². The summed E-state index contributed by atoms with van der Waals surface area (Å²) in [6.07, 6.45) is 9.86. The fraction of sp³-hybridized carbons (Fsp3) is 0.929. The predicted octanol–water partition coefficient (Wildman–Crippen LogP) is 1.72. The Balaban J connectivity index is 1.56. The molecule has 2 aliphatic carbocycles. The molecule has 0 bridgehead atoms. The number of ether oxygens (including phenoxy) is 1. The fourth-order valence-electron chi connectivity index (χ4n) is 2.54. The minimum absolute atomic E-state index is 0.115. The lowest BCUT2D eigenvalue weighted by atomic mass is 9.93. The number of nitrogens with one attached hydrogen (secondary N) is 1. The van der Waals surface area contributed by atoms with Gasteiger partial charge in [0.2, 0.25) is 5.91 Å². The second-order valence-corrected chi connectivity index (χ2v) is 5.92. The average molecular weight is 254 g/mol. The van der Waals surface area contributed by atoms with Crippen LogP contribution in [0.5, 0.6) is 0 Å². The number of rotatable bonds is 6. The smallest absolute Gasteiger partial charge is 0.222 e. The molecule has 2 rings (SSSR count). The molecule has 3 N–H and O–H groups in total. The maximum atomic E-state index is 11.5. The van der Waals surface area contributed by atoms with Gasteiger partial charge in [0.25, 0.3) is 0 Å². The zero-order chi connectivity index (χ0) is 12.8. The van der Waals surface area contributed by atoms with E-state index in [0.717, 1.165) is 25.7 Å².